The van der Waals surface area contributed by atoms with Gasteiger partial charge in [0.05, 0.1) is 41.4 Å². The number of methoxy groups -OCH3 is 2. The van der Waals surface area contributed by atoms with Crippen LogP contribution in [0.3, 0.4) is 0 Å². The molecule has 3 aromatic rings. The van der Waals surface area contributed by atoms with Crippen molar-refractivity contribution < 1.29 is 38.1 Å². The van der Waals surface area contributed by atoms with Crippen LogP contribution in [0.1, 0.15) is 166 Å². The zero-order valence-corrected chi connectivity index (χ0v) is 38.8. The lowest BCUT2D eigenvalue weighted by atomic mass is 9.97. The van der Waals surface area contributed by atoms with Crippen molar-refractivity contribution >= 4 is 35.0 Å². The van der Waals surface area contributed by atoms with Crippen molar-refractivity contribution in [3.63, 3.8) is 0 Å². The molecule has 0 aliphatic heterocycles. The molecule has 10 heteroatoms. The topological polar surface area (TPSA) is 119 Å². The number of aromatic nitrogens is 1. The number of nitrogens with zero attached hydrogens (tertiary/aromatic N) is 1. The highest BCUT2D eigenvalue weighted by Crippen LogP contribution is 2.41. The van der Waals surface area contributed by atoms with Crippen molar-refractivity contribution in [2.24, 2.45) is 16.2 Å². The monoisotopic (exact) mass is 832 g/mol. The number of fused-ring (bicyclic) bond motifs is 1. The molecule has 1 aromatic heterocycles. The third-order valence-corrected chi connectivity index (χ3v) is 10.3. The maximum Gasteiger partial charge on any atom is 0.316 e. The molecule has 0 aliphatic carbocycles. The SMILES string of the molecule is CCCCCCCCCCCCCCCCC=Cn1c(-c2ccc(OC(=O)C(C)(C)C)c(OC)c2)c(OC(=O)C(C)(C)C)c(=O)c2c(OC(=O)C(C)(C)C)cc(OC)cc21. The maximum absolute atomic E-state index is 14.8. The summed E-state index contributed by atoms with van der Waals surface area (Å²) in [5, 5.41) is 0.0395. The number of esters is 3. The van der Waals surface area contributed by atoms with Crippen LogP contribution >= 0.6 is 0 Å². The van der Waals surface area contributed by atoms with Crippen LogP contribution in [0.2, 0.25) is 0 Å². The molecule has 0 amide bonds. The van der Waals surface area contributed by atoms with Crippen LogP contribution in [0, 0.1) is 16.2 Å². The number of hydrogen-bond acceptors (Lipinski definition) is 9. The Morgan fingerprint density at radius 1 is 0.583 bits per heavy atom. The van der Waals surface area contributed by atoms with Gasteiger partial charge in [-0.25, -0.2) is 0 Å². The highest BCUT2D eigenvalue weighted by molar-refractivity contribution is 5.96. The summed E-state index contributed by atoms with van der Waals surface area (Å²) in [7, 11) is 2.95. The largest absolute Gasteiger partial charge is 0.497 e. The van der Waals surface area contributed by atoms with Gasteiger partial charge in [-0.05, 0) is 93.4 Å². The van der Waals surface area contributed by atoms with Crippen LogP contribution in [0.5, 0.6) is 28.7 Å². The van der Waals surface area contributed by atoms with E-state index in [9.17, 15) is 19.2 Å². The highest BCUT2D eigenvalue weighted by atomic mass is 16.6. The molecular weight excluding hydrogens is 759 g/mol. The Kier molecular flexibility index (Phi) is 18.9. The Hall–Kier alpha value is -4.60. The number of carbonyl (C=O) groups excluding carboxylic acids is 3. The molecule has 0 atom stereocenters. The second kappa shape index (κ2) is 22.8. The van der Waals surface area contributed by atoms with Gasteiger partial charge in [0, 0.05) is 23.9 Å². The van der Waals surface area contributed by atoms with Crippen molar-refractivity contribution in [2.45, 2.75) is 166 Å². The molecular formula is C50H73NO9. The van der Waals surface area contributed by atoms with E-state index in [0.717, 1.165) is 25.7 Å². The molecule has 332 valence electrons. The van der Waals surface area contributed by atoms with E-state index in [-0.39, 0.29) is 34.1 Å². The lowest BCUT2D eigenvalue weighted by Crippen LogP contribution is -2.29. The first-order valence-electron chi connectivity index (χ1n) is 22.1. The summed E-state index contributed by atoms with van der Waals surface area (Å²) in [5.74, 6) is -1.16. The number of carbonyl (C=O) groups is 3. The molecule has 1 heterocycles. The number of rotatable bonds is 22. The van der Waals surface area contributed by atoms with Gasteiger partial charge < -0.3 is 28.3 Å². The summed E-state index contributed by atoms with van der Waals surface area (Å²) in [6, 6.07) is 8.09. The zero-order chi connectivity index (χ0) is 44.7. The quantitative estimate of drug-likeness (QED) is 0.0553. The number of benzene rings is 2. The second-order valence-electron chi connectivity index (χ2n) is 19.0. The van der Waals surface area contributed by atoms with E-state index in [4.69, 9.17) is 23.7 Å². The molecule has 0 saturated heterocycles. The van der Waals surface area contributed by atoms with Crippen LogP contribution in [0.4, 0.5) is 0 Å². The minimum atomic E-state index is -0.975. The molecule has 2 aromatic carbocycles. The molecule has 0 unspecified atom stereocenters. The zero-order valence-electron chi connectivity index (χ0n) is 38.8. The molecule has 10 nitrogen and oxygen atoms in total. The average molecular weight is 832 g/mol. The van der Waals surface area contributed by atoms with Crippen molar-refractivity contribution in [1.29, 1.82) is 0 Å². The Labute approximate surface area is 359 Å². The summed E-state index contributed by atoms with van der Waals surface area (Å²) in [6.07, 6.45) is 22.4. The van der Waals surface area contributed by atoms with E-state index in [2.05, 4.69) is 6.92 Å². The van der Waals surface area contributed by atoms with Crippen molar-refractivity contribution in [2.75, 3.05) is 14.2 Å². The van der Waals surface area contributed by atoms with E-state index in [0.29, 0.717) is 16.8 Å². The molecule has 0 aliphatic rings. The van der Waals surface area contributed by atoms with Gasteiger partial charge in [-0.1, -0.05) is 96.5 Å². The highest BCUT2D eigenvalue weighted by Gasteiger charge is 2.32. The summed E-state index contributed by atoms with van der Waals surface area (Å²) >= 11 is 0. The molecule has 3 rings (SSSR count). The fourth-order valence-corrected chi connectivity index (χ4v) is 6.45. The summed E-state index contributed by atoms with van der Waals surface area (Å²) in [5.41, 5.74) is -2.25. The van der Waals surface area contributed by atoms with Gasteiger partial charge in [0.2, 0.25) is 11.2 Å². The predicted molar refractivity (Wildman–Crippen MR) is 242 cm³/mol. The smallest absolute Gasteiger partial charge is 0.316 e. The first kappa shape index (κ1) is 49.8. The normalized spacial score (nSPS) is 12.2. The minimum absolute atomic E-state index is 0.0231. The number of hydrogen-bond donors (Lipinski definition) is 0. The lowest BCUT2D eigenvalue weighted by molar-refractivity contribution is -0.143. The predicted octanol–water partition coefficient (Wildman–Crippen LogP) is 12.9. The van der Waals surface area contributed by atoms with Crippen LogP contribution < -0.4 is 29.1 Å². The van der Waals surface area contributed by atoms with Gasteiger partial charge in [-0.3, -0.25) is 19.2 Å². The third kappa shape index (κ3) is 14.5. The minimum Gasteiger partial charge on any atom is -0.497 e. The Morgan fingerprint density at radius 2 is 1.07 bits per heavy atom. The van der Waals surface area contributed by atoms with Gasteiger partial charge in [-0.15, -0.1) is 0 Å². The fourth-order valence-electron chi connectivity index (χ4n) is 6.45. The van der Waals surface area contributed by atoms with Gasteiger partial charge in [-0.2, -0.15) is 0 Å². The van der Waals surface area contributed by atoms with E-state index in [1.165, 1.54) is 90.9 Å². The Balaban J connectivity index is 2.10. The van der Waals surface area contributed by atoms with Crippen LogP contribution in [0.15, 0.2) is 41.2 Å². The Bertz CT molecular complexity index is 1990. The summed E-state index contributed by atoms with van der Waals surface area (Å²) < 4.78 is 30.9. The number of ether oxygens (including phenoxy) is 5. The standard InChI is InChI=1S/C50H73NO9/c1-13-14-15-16-17-18-19-20-21-22-23-24-25-26-27-28-31-51-37-33-36(56-11)34-40(59-46(54)49(5,6)7)41(37)43(52)44(60-47(55)50(8,9)10)42(51)35-29-30-38(39(32-35)57-12)58-45(53)48(2,3)4/h28-34H,13-27H2,1-12H3. The number of unbranched alkanes of at least 4 members (excludes halogenated alkanes) is 14. The van der Waals surface area contributed by atoms with Crippen LogP contribution in [-0.4, -0.2) is 36.7 Å². The maximum atomic E-state index is 14.8. The van der Waals surface area contributed by atoms with E-state index >= 15 is 0 Å². The third-order valence-electron chi connectivity index (χ3n) is 10.3. The van der Waals surface area contributed by atoms with Crippen molar-refractivity contribution in [1.82, 2.24) is 4.57 Å². The van der Waals surface area contributed by atoms with Gasteiger partial charge >= 0.3 is 17.9 Å². The number of pyridine rings is 1. The summed E-state index contributed by atoms with van der Waals surface area (Å²) in [6.45, 7) is 17.8. The van der Waals surface area contributed by atoms with Crippen LogP contribution in [0.25, 0.3) is 28.4 Å². The molecule has 0 spiro atoms. The first-order valence-corrected chi connectivity index (χ1v) is 22.1. The second-order valence-corrected chi connectivity index (χ2v) is 19.0. The summed E-state index contributed by atoms with van der Waals surface area (Å²) in [4.78, 5) is 54.7. The molecule has 0 radical (unpaired) electrons. The van der Waals surface area contributed by atoms with E-state index < -0.39 is 39.6 Å². The molecule has 0 saturated carbocycles. The van der Waals surface area contributed by atoms with Gasteiger partial charge in [0.25, 0.3) is 0 Å². The number of allylic oxidation sites excluding steroid dienone is 1. The van der Waals surface area contributed by atoms with E-state index in [1.807, 2.05) is 12.3 Å². The molecule has 0 bridgehead atoms. The average Bonchev–Trinajstić information content (AvgIpc) is 3.17. The van der Waals surface area contributed by atoms with Crippen LogP contribution in [-0.2, 0) is 14.4 Å². The van der Waals surface area contributed by atoms with Gasteiger partial charge in [0.1, 0.15) is 17.2 Å². The Morgan fingerprint density at radius 3 is 1.55 bits per heavy atom. The first-order chi connectivity index (χ1) is 28.2. The lowest BCUT2D eigenvalue weighted by Gasteiger charge is -2.23. The molecule has 0 N–H and O–H groups in total. The molecule has 0 fully saturated rings. The van der Waals surface area contributed by atoms with Gasteiger partial charge in [0.15, 0.2) is 11.5 Å². The van der Waals surface area contributed by atoms with E-state index in [1.54, 1.807) is 91.1 Å². The fraction of sp³-hybridized carbons (Fsp3) is 0.600. The van der Waals surface area contributed by atoms with Crippen molar-refractivity contribution in [3.8, 4) is 40.0 Å². The van der Waals surface area contributed by atoms with Crippen molar-refractivity contribution in [3.05, 3.63) is 46.6 Å². The molecule has 60 heavy (non-hydrogen) atoms.